The summed E-state index contributed by atoms with van der Waals surface area (Å²) in [6.07, 6.45) is 0.742. The molecule has 0 aromatic heterocycles. The topological polar surface area (TPSA) is 66.4 Å². The van der Waals surface area contributed by atoms with Crippen LogP contribution < -0.4 is 5.32 Å². The second-order valence-corrected chi connectivity index (χ2v) is 4.87. The van der Waals surface area contributed by atoms with Crippen LogP contribution in [-0.4, -0.2) is 23.5 Å². The molecular formula is C14H15F2NO3. The molecule has 1 amide bonds. The molecule has 1 aromatic rings. The highest BCUT2D eigenvalue weighted by molar-refractivity contribution is 5.83. The minimum Gasteiger partial charge on any atom is -0.481 e. The number of hydrogen-bond acceptors (Lipinski definition) is 2. The highest BCUT2D eigenvalue weighted by atomic mass is 19.1. The maximum atomic E-state index is 13.5. The smallest absolute Gasteiger partial charge is 0.303 e. The molecule has 1 aliphatic rings. The fourth-order valence-corrected chi connectivity index (χ4v) is 2.25. The molecular weight excluding hydrogens is 268 g/mol. The number of rotatable bonds is 6. The van der Waals surface area contributed by atoms with Crippen molar-refractivity contribution < 1.29 is 23.5 Å². The second kappa shape index (κ2) is 5.98. The van der Waals surface area contributed by atoms with E-state index in [0.717, 1.165) is 0 Å². The van der Waals surface area contributed by atoms with Crippen LogP contribution in [0.25, 0.3) is 0 Å². The van der Waals surface area contributed by atoms with Crippen molar-refractivity contribution in [3.63, 3.8) is 0 Å². The van der Waals surface area contributed by atoms with Gasteiger partial charge in [0.05, 0.1) is 0 Å². The Hall–Kier alpha value is -1.98. The lowest BCUT2D eigenvalue weighted by Gasteiger charge is -2.05. The summed E-state index contributed by atoms with van der Waals surface area (Å²) in [4.78, 5) is 22.1. The van der Waals surface area contributed by atoms with Crippen molar-refractivity contribution in [2.45, 2.75) is 25.2 Å². The number of carbonyl (C=O) groups excluding carboxylic acids is 1. The van der Waals surface area contributed by atoms with Crippen molar-refractivity contribution in [2.75, 3.05) is 6.54 Å². The molecule has 0 heterocycles. The van der Waals surface area contributed by atoms with Crippen molar-refractivity contribution in [2.24, 2.45) is 5.92 Å². The van der Waals surface area contributed by atoms with Crippen molar-refractivity contribution >= 4 is 11.9 Å². The quantitative estimate of drug-likeness (QED) is 0.785. The van der Waals surface area contributed by atoms with E-state index in [-0.39, 0.29) is 24.4 Å². The summed E-state index contributed by atoms with van der Waals surface area (Å²) in [7, 11) is 0. The number of carboxylic acids is 1. The first-order valence-corrected chi connectivity index (χ1v) is 6.44. The molecule has 0 spiro atoms. The fourth-order valence-electron chi connectivity index (χ4n) is 2.25. The lowest BCUT2D eigenvalue weighted by molar-refractivity contribution is -0.137. The van der Waals surface area contributed by atoms with Crippen LogP contribution in [0.1, 0.15) is 30.7 Å². The number of hydrogen-bond donors (Lipinski definition) is 2. The Morgan fingerprint density at radius 1 is 1.30 bits per heavy atom. The van der Waals surface area contributed by atoms with Gasteiger partial charge in [0.25, 0.3) is 0 Å². The molecule has 1 aliphatic carbocycles. The van der Waals surface area contributed by atoms with Crippen LogP contribution in [-0.2, 0) is 9.59 Å². The van der Waals surface area contributed by atoms with Gasteiger partial charge in [-0.15, -0.1) is 0 Å². The SMILES string of the molecule is O=C(O)CCCNC(=O)[C@H]1C[C@H]1c1c(F)cccc1F. The minimum absolute atomic E-state index is 0.0175. The first-order chi connectivity index (χ1) is 9.50. The zero-order valence-corrected chi connectivity index (χ0v) is 10.7. The molecule has 1 aromatic carbocycles. The van der Waals surface area contributed by atoms with Gasteiger partial charge in [-0.3, -0.25) is 9.59 Å². The monoisotopic (exact) mass is 283 g/mol. The molecule has 2 rings (SSSR count). The van der Waals surface area contributed by atoms with Crippen molar-refractivity contribution in [3.8, 4) is 0 Å². The minimum atomic E-state index is -0.919. The summed E-state index contributed by atoms with van der Waals surface area (Å²) >= 11 is 0. The fraction of sp³-hybridized carbons (Fsp3) is 0.429. The van der Waals surface area contributed by atoms with Crippen molar-refractivity contribution in [3.05, 3.63) is 35.4 Å². The van der Waals surface area contributed by atoms with E-state index in [1.807, 2.05) is 0 Å². The molecule has 108 valence electrons. The Balaban J connectivity index is 1.85. The average Bonchev–Trinajstić information content (AvgIpc) is 3.14. The van der Waals surface area contributed by atoms with E-state index in [1.165, 1.54) is 18.2 Å². The van der Waals surface area contributed by atoms with Crippen LogP contribution in [0.3, 0.4) is 0 Å². The van der Waals surface area contributed by atoms with Gasteiger partial charge in [0, 0.05) is 30.4 Å². The van der Waals surface area contributed by atoms with Crippen LogP contribution in [0, 0.1) is 17.6 Å². The summed E-state index contributed by atoms with van der Waals surface area (Å²) in [5.74, 6) is -3.30. The third kappa shape index (κ3) is 3.31. The largest absolute Gasteiger partial charge is 0.481 e. The Kier molecular flexibility index (Phi) is 4.32. The number of amides is 1. The predicted molar refractivity (Wildman–Crippen MR) is 67.1 cm³/mol. The molecule has 1 saturated carbocycles. The Labute approximate surface area is 114 Å². The number of carbonyl (C=O) groups is 2. The van der Waals surface area contributed by atoms with Gasteiger partial charge in [-0.05, 0) is 25.0 Å². The molecule has 0 unspecified atom stereocenters. The number of halogens is 2. The van der Waals surface area contributed by atoms with Gasteiger partial charge in [-0.25, -0.2) is 8.78 Å². The highest BCUT2D eigenvalue weighted by Gasteiger charge is 2.46. The predicted octanol–water partition coefficient (Wildman–Crippen LogP) is 2.05. The molecule has 1 fully saturated rings. The third-order valence-electron chi connectivity index (χ3n) is 3.36. The van der Waals surface area contributed by atoms with Crippen LogP contribution in [0.4, 0.5) is 8.78 Å². The third-order valence-corrected chi connectivity index (χ3v) is 3.36. The normalized spacial score (nSPS) is 20.5. The summed E-state index contributed by atoms with van der Waals surface area (Å²) in [6, 6.07) is 3.65. The van der Waals surface area contributed by atoms with Crippen LogP contribution in [0.2, 0.25) is 0 Å². The maximum absolute atomic E-state index is 13.5. The van der Waals surface area contributed by atoms with Gasteiger partial charge in [0.2, 0.25) is 5.91 Å². The first kappa shape index (κ1) is 14.4. The molecule has 0 bridgehead atoms. The number of benzene rings is 1. The Bertz CT molecular complexity index is 513. The van der Waals surface area contributed by atoms with Gasteiger partial charge < -0.3 is 10.4 Å². The molecule has 0 aliphatic heterocycles. The number of carboxylic acid groups (broad SMARTS) is 1. The van der Waals surface area contributed by atoms with E-state index in [2.05, 4.69) is 5.32 Å². The summed E-state index contributed by atoms with van der Waals surface area (Å²) in [5, 5.41) is 11.0. The van der Waals surface area contributed by atoms with E-state index in [1.54, 1.807) is 0 Å². The van der Waals surface area contributed by atoms with Gasteiger partial charge in [0.1, 0.15) is 11.6 Å². The first-order valence-electron chi connectivity index (χ1n) is 6.44. The Morgan fingerprint density at radius 3 is 2.55 bits per heavy atom. The molecule has 6 heteroatoms. The van der Waals surface area contributed by atoms with Crippen LogP contribution in [0.5, 0.6) is 0 Å². The van der Waals surface area contributed by atoms with Gasteiger partial charge in [-0.2, -0.15) is 0 Å². The van der Waals surface area contributed by atoms with E-state index >= 15 is 0 Å². The molecule has 2 N–H and O–H groups in total. The lowest BCUT2D eigenvalue weighted by Crippen LogP contribution is -2.26. The molecule has 0 saturated heterocycles. The summed E-state index contributed by atoms with van der Waals surface area (Å²) in [5.41, 5.74) is -0.0295. The standard InChI is InChI=1S/C14H15F2NO3/c15-10-3-1-4-11(16)13(10)8-7-9(8)14(20)17-6-2-5-12(18)19/h1,3-4,8-9H,2,5-7H2,(H,17,20)(H,18,19)/t8-,9+/m1/s1. The van der Waals surface area contributed by atoms with Crippen LogP contribution >= 0.6 is 0 Å². The lowest BCUT2D eigenvalue weighted by atomic mass is 10.1. The molecule has 4 nitrogen and oxygen atoms in total. The summed E-state index contributed by atoms with van der Waals surface area (Å²) < 4.78 is 27.1. The van der Waals surface area contributed by atoms with Crippen molar-refractivity contribution in [1.29, 1.82) is 0 Å². The van der Waals surface area contributed by atoms with Crippen LogP contribution in [0.15, 0.2) is 18.2 Å². The Morgan fingerprint density at radius 2 is 1.95 bits per heavy atom. The zero-order chi connectivity index (χ0) is 14.7. The van der Waals surface area contributed by atoms with Gasteiger partial charge >= 0.3 is 5.97 Å². The zero-order valence-electron chi connectivity index (χ0n) is 10.7. The van der Waals surface area contributed by atoms with Gasteiger partial charge in [-0.1, -0.05) is 6.07 Å². The second-order valence-electron chi connectivity index (χ2n) is 4.87. The maximum Gasteiger partial charge on any atom is 0.303 e. The van der Waals surface area contributed by atoms with E-state index in [0.29, 0.717) is 12.8 Å². The van der Waals surface area contributed by atoms with E-state index in [4.69, 9.17) is 5.11 Å². The summed E-state index contributed by atoms with van der Waals surface area (Å²) in [6.45, 7) is 0.258. The van der Waals surface area contributed by atoms with E-state index in [9.17, 15) is 18.4 Å². The number of nitrogens with one attached hydrogen (secondary N) is 1. The number of aliphatic carboxylic acids is 1. The highest BCUT2D eigenvalue weighted by Crippen LogP contribution is 2.49. The molecule has 2 atom stereocenters. The van der Waals surface area contributed by atoms with Gasteiger partial charge in [0.15, 0.2) is 0 Å². The molecule has 0 radical (unpaired) electrons. The van der Waals surface area contributed by atoms with E-state index < -0.39 is 29.4 Å². The molecule has 20 heavy (non-hydrogen) atoms. The van der Waals surface area contributed by atoms with Crippen molar-refractivity contribution in [1.82, 2.24) is 5.32 Å². The average molecular weight is 283 g/mol.